The van der Waals surface area contributed by atoms with E-state index in [1.807, 2.05) is 60.7 Å². The fourth-order valence-electron chi connectivity index (χ4n) is 3.71. The summed E-state index contributed by atoms with van der Waals surface area (Å²) in [4.78, 5) is 9.32. The molecule has 1 N–H and O–H groups in total. The lowest BCUT2D eigenvalue weighted by molar-refractivity contribution is -0.153. The molecule has 0 saturated heterocycles. The zero-order valence-electron chi connectivity index (χ0n) is 17.3. The van der Waals surface area contributed by atoms with E-state index in [-0.39, 0.29) is 23.8 Å². The summed E-state index contributed by atoms with van der Waals surface area (Å²) in [5, 5.41) is 10.9. The third-order valence-corrected chi connectivity index (χ3v) is 5.29. The molecule has 8 heteroatoms. The van der Waals surface area contributed by atoms with Gasteiger partial charge in [0.05, 0.1) is 17.8 Å². The summed E-state index contributed by atoms with van der Waals surface area (Å²) in [6.45, 7) is 0. The van der Waals surface area contributed by atoms with Crippen LogP contribution in [-0.2, 0) is 19.0 Å². The smallest absolute Gasteiger partial charge is 0.449 e. The van der Waals surface area contributed by atoms with Crippen molar-refractivity contribution in [3.05, 3.63) is 107 Å². The van der Waals surface area contributed by atoms with Crippen molar-refractivity contribution >= 4 is 5.65 Å². The van der Waals surface area contributed by atoms with Crippen molar-refractivity contribution in [3.63, 3.8) is 0 Å². The van der Waals surface area contributed by atoms with Gasteiger partial charge in [0.2, 0.25) is 11.6 Å². The molecule has 0 unspecified atom stereocenters. The van der Waals surface area contributed by atoms with E-state index in [4.69, 9.17) is 9.40 Å². The van der Waals surface area contributed by atoms with Gasteiger partial charge in [-0.15, -0.1) is 0 Å². The Bertz CT molecular complexity index is 1410. The van der Waals surface area contributed by atoms with Crippen molar-refractivity contribution in [1.29, 1.82) is 0 Å². The van der Waals surface area contributed by atoms with E-state index in [1.54, 1.807) is 6.20 Å². The summed E-state index contributed by atoms with van der Waals surface area (Å²) < 4.78 is 45.1. The molecule has 0 aliphatic rings. The van der Waals surface area contributed by atoms with Gasteiger partial charge in [0.1, 0.15) is 11.5 Å². The SMILES string of the molecule is Oc1c(Cc2ccc(C(F)(F)F)o2)nc2c(Cc3ccccc3)nc(-c3ccccc3)cn12. The molecular weight excluding hydrogens is 431 g/mol. The van der Waals surface area contributed by atoms with E-state index in [9.17, 15) is 18.3 Å². The monoisotopic (exact) mass is 449 g/mol. The van der Waals surface area contributed by atoms with Crippen molar-refractivity contribution in [3.8, 4) is 17.1 Å². The Morgan fingerprint density at radius 3 is 2.18 bits per heavy atom. The van der Waals surface area contributed by atoms with Crippen LogP contribution in [0.2, 0.25) is 0 Å². The first-order valence-corrected chi connectivity index (χ1v) is 10.2. The Morgan fingerprint density at radius 2 is 1.52 bits per heavy atom. The number of aromatic hydroxyl groups is 1. The van der Waals surface area contributed by atoms with Gasteiger partial charge in [-0.05, 0) is 17.7 Å². The number of nitrogens with zero attached hydrogens (tertiary/aromatic N) is 3. The molecule has 0 radical (unpaired) electrons. The Morgan fingerprint density at radius 1 is 0.818 bits per heavy atom. The number of hydrogen-bond donors (Lipinski definition) is 1. The maximum Gasteiger partial charge on any atom is 0.449 e. The van der Waals surface area contributed by atoms with Crippen molar-refractivity contribution < 1.29 is 22.7 Å². The highest BCUT2D eigenvalue weighted by molar-refractivity contribution is 5.63. The number of imidazole rings is 1. The lowest BCUT2D eigenvalue weighted by Crippen LogP contribution is -2.02. The number of rotatable bonds is 5. The van der Waals surface area contributed by atoms with Crippen molar-refractivity contribution in [2.24, 2.45) is 0 Å². The lowest BCUT2D eigenvalue weighted by atomic mass is 10.1. The predicted molar refractivity (Wildman–Crippen MR) is 116 cm³/mol. The second-order valence-corrected chi connectivity index (χ2v) is 7.62. The fourth-order valence-corrected chi connectivity index (χ4v) is 3.71. The molecule has 0 fully saturated rings. The first-order valence-electron chi connectivity index (χ1n) is 10.2. The number of hydrogen-bond acceptors (Lipinski definition) is 4. The van der Waals surface area contributed by atoms with E-state index < -0.39 is 11.9 Å². The Kier molecular flexibility index (Phi) is 5.12. The van der Waals surface area contributed by atoms with Crippen LogP contribution in [0.3, 0.4) is 0 Å². The van der Waals surface area contributed by atoms with E-state index in [0.29, 0.717) is 23.5 Å². The molecule has 0 saturated carbocycles. The fraction of sp³-hybridized carbons (Fsp3) is 0.120. The van der Waals surface area contributed by atoms with Gasteiger partial charge >= 0.3 is 6.18 Å². The lowest BCUT2D eigenvalue weighted by Gasteiger charge is -2.08. The zero-order valence-corrected chi connectivity index (χ0v) is 17.3. The molecule has 0 amide bonds. The Labute approximate surface area is 186 Å². The summed E-state index contributed by atoms with van der Waals surface area (Å²) in [7, 11) is 0. The first-order chi connectivity index (χ1) is 15.9. The molecule has 2 aromatic carbocycles. The molecule has 166 valence electrons. The van der Waals surface area contributed by atoms with Crippen LogP contribution in [0.4, 0.5) is 13.2 Å². The van der Waals surface area contributed by atoms with Crippen LogP contribution >= 0.6 is 0 Å². The minimum absolute atomic E-state index is 0.0573. The maximum absolute atomic E-state index is 12.9. The average molecular weight is 449 g/mol. The number of halogens is 3. The van der Waals surface area contributed by atoms with Crippen LogP contribution < -0.4 is 0 Å². The molecule has 0 spiro atoms. The number of furan rings is 1. The first kappa shape index (κ1) is 20.8. The summed E-state index contributed by atoms with van der Waals surface area (Å²) in [6, 6.07) is 21.4. The van der Waals surface area contributed by atoms with E-state index in [1.165, 1.54) is 10.5 Å². The zero-order chi connectivity index (χ0) is 23.0. The molecular formula is C25H18F3N3O2. The van der Waals surface area contributed by atoms with Gasteiger partial charge in [-0.2, -0.15) is 13.2 Å². The van der Waals surface area contributed by atoms with Crippen molar-refractivity contribution in [1.82, 2.24) is 14.4 Å². The van der Waals surface area contributed by atoms with Crippen molar-refractivity contribution in [2.75, 3.05) is 0 Å². The molecule has 0 atom stereocenters. The molecule has 0 bridgehead atoms. The van der Waals surface area contributed by atoms with Crippen LogP contribution in [0.1, 0.15) is 28.5 Å². The maximum atomic E-state index is 12.9. The van der Waals surface area contributed by atoms with Crippen LogP contribution in [-0.4, -0.2) is 19.5 Å². The van der Waals surface area contributed by atoms with Gasteiger partial charge in [-0.3, -0.25) is 4.40 Å². The van der Waals surface area contributed by atoms with Gasteiger partial charge < -0.3 is 9.52 Å². The van der Waals surface area contributed by atoms with Gasteiger partial charge in [-0.25, -0.2) is 9.97 Å². The summed E-state index contributed by atoms with van der Waals surface area (Å²) >= 11 is 0. The van der Waals surface area contributed by atoms with E-state index >= 15 is 0 Å². The largest absolute Gasteiger partial charge is 0.493 e. The third-order valence-electron chi connectivity index (χ3n) is 5.29. The number of fused-ring (bicyclic) bond motifs is 1. The summed E-state index contributed by atoms with van der Waals surface area (Å²) in [5.74, 6) is -1.19. The molecule has 5 nitrogen and oxygen atoms in total. The van der Waals surface area contributed by atoms with Gasteiger partial charge in [-0.1, -0.05) is 60.7 Å². The number of alkyl halides is 3. The highest BCUT2D eigenvalue weighted by Crippen LogP contribution is 2.33. The quantitative estimate of drug-likeness (QED) is 0.363. The third kappa shape index (κ3) is 4.19. The summed E-state index contributed by atoms with van der Waals surface area (Å²) in [6.07, 6.45) is -2.51. The second kappa shape index (κ2) is 8.12. The molecule has 0 aliphatic heterocycles. The van der Waals surface area contributed by atoms with Gasteiger partial charge in [0.25, 0.3) is 0 Å². The minimum Gasteiger partial charge on any atom is -0.493 e. The molecule has 33 heavy (non-hydrogen) atoms. The number of benzene rings is 2. The number of aromatic nitrogens is 3. The van der Waals surface area contributed by atoms with E-state index in [0.717, 1.165) is 17.2 Å². The van der Waals surface area contributed by atoms with Crippen LogP contribution in [0.15, 0.2) is 83.4 Å². The highest BCUT2D eigenvalue weighted by atomic mass is 19.4. The van der Waals surface area contributed by atoms with Crippen LogP contribution in [0.25, 0.3) is 16.9 Å². The topological polar surface area (TPSA) is 63.6 Å². The standard InChI is InChI=1S/C25H18F3N3O2/c26-25(27,28)22-12-11-18(33-22)14-20-24(32)31-15-21(17-9-5-2-6-10-17)29-19(23(31)30-20)13-16-7-3-1-4-8-16/h1-12,15,32H,13-14H2. The van der Waals surface area contributed by atoms with Crippen LogP contribution in [0.5, 0.6) is 5.88 Å². The molecule has 0 aliphatic carbocycles. The van der Waals surface area contributed by atoms with Gasteiger partial charge in [0.15, 0.2) is 5.65 Å². The van der Waals surface area contributed by atoms with E-state index in [2.05, 4.69) is 4.98 Å². The van der Waals surface area contributed by atoms with Crippen molar-refractivity contribution in [2.45, 2.75) is 19.0 Å². The highest BCUT2D eigenvalue weighted by Gasteiger charge is 2.35. The van der Waals surface area contributed by atoms with Crippen LogP contribution in [0, 0.1) is 0 Å². The van der Waals surface area contributed by atoms with Gasteiger partial charge in [0, 0.05) is 18.2 Å². The Hall–Kier alpha value is -4.07. The second-order valence-electron chi connectivity index (χ2n) is 7.62. The predicted octanol–water partition coefficient (Wildman–Crippen LogP) is 5.90. The molecule has 5 aromatic rings. The molecule has 3 aromatic heterocycles. The normalized spacial score (nSPS) is 11.8. The molecule has 5 rings (SSSR count). The minimum atomic E-state index is -4.57. The summed E-state index contributed by atoms with van der Waals surface area (Å²) in [5.41, 5.74) is 3.81. The average Bonchev–Trinajstić information content (AvgIpc) is 3.41. The Balaban J connectivity index is 1.60. The molecule has 3 heterocycles.